The minimum Gasteiger partial charge on any atom is -0.494 e. The van der Waals surface area contributed by atoms with Crippen LogP contribution in [0.5, 0.6) is 5.75 Å². The van der Waals surface area contributed by atoms with E-state index in [-0.39, 0.29) is 11.0 Å². The molecule has 0 aliphatic rings. The molecule has 0 aliphatic carbocycles. The molecule has 0 spiro atoms. The first kappa shape index (κ1) is 21.5. The summed E-state index contributed by atoms with van der Waals surface area (Å²) in [6.45, 7) is 5.13. The predicted molar refractivity (Wildman–Crippen MR) is 124 cm³/mol. The maximum absolute atomic E-state index is 13.0. The fourth-order valence-corrected chi connectivity index (χ4v) is 3.24. The van der Waals surface area contributed by atoms with Crippen LogP contribution in [0.1, 0.15) is 37.0 Å². The summed E-state index contributed by atoms with van der Waals surface area (Å²) in [6, 6.07) is 17.1. The molecule has 3 rings (SSSR count). The van der Waals surface area contributed by atoms with E-state index in [9.17, 15) is 4.79 Å². The van der Waals surface area contributed by atoms with E-state index >= 15 is 0 Å². The highest BCUT2D eigenvalue weighted by molar-refractivity contribution is 7.80. The molecule has 6 nitrogen and oxygen atoms in total. The molecule has 30 heavy (non-hydrogen) atoms. The van der Waals surface area contributed by atoms with Gasteiger partial charge in [0, 0.05) is 17.5 Å². The van der Waals surface area contributed by atoms with Crippen LogP contribution in [0, 0.1) is 0 Å². The Morgan fingerprint density at radius 1 is 1.17 bits per heavy atom. The number of pyridine rings is 1. The molecule has 0 saturated carbocycles. The van der Waals surface area contributed by atoms with Crippen LogP contribution in [0.25, 0.3) is 22.2 Å². The number of benzene rings is 2. The van der Waals surface area contributed by atoms with Crippen molar-refractivity contribution in [2.24, 2.45) is 5.73 Å². The summed E-state index contributed by atoms with van der Waals surface area (Å²) in [6.07, 6.45) is 2.07. The molecule has 156 valence electrons. The number of unbranched alkanes of at least 4 members (excludes halogenated alkanes) is 1. The van der Waals surface area contributed by atoms with Crippen LogP contribution in [-0.4, -0.2) is 34.2 Å². The Morgan fingerprint density at radius 3 is 2.70 bits per heavy atom. The average molecular weight is 423 g/mol. The van der Waals surface area contributed by atoms with E-state index in [1.54, 1.807) is 6.07 Å². The van der Waals surface area contributed by atoms with E-state index < -0.39 is 0 Å². The van der Waals surface area contributed by atoms with Crippen molar-refractivity contribution in [2.45, 2.75) is 26.7 Å². The zero-order valence-electron chi connectivity index (χ0n) is 17.2. The first-order valence-electron chi connectivity index (χ1n) is 10.0. The first-order valence-corrected chi connectivity index (χ1v) is 10.4. The molecule has 0 fully saturated rings. The van der Waals surface area contributed by atoms with Crippen LogP contribution in [0.2, 0.25) is 0 Å². The van der Waals surface area contributed by atoms with E-state index in [4.69, 9.17) is 27.7 Å². The number of rotatable bonds is 7. The molecule has 7 heteroatoms. The average Bonchev–Trinajstić information content (AvgIpc) is 2.76. The lowest BCUT2D eigenvalue weighted by molar-refractivity contribution is 0.0876. The monoisotopic (exact) mass is 422 g/mol. The summed E-state index contributed by atoms with van der Waals surface area (Å²) in [5, 5.41) is 2.31. The van der Waals surface area contributed by atoms with Crippen molar-refractivity contribution in [1.29, 1.82) is 0 Å². The van der Waals surface area contributed by atoms with Gasteiger partial charge in [0.2, 0.25) is 0 Å². The molecule has 0 saturated heterocycles. The van der Waals surface area contributed by atoms with Crippen LogP contribution >= 0.6 is 12.2 Å². The summed E-state index contributed by atoms with van der Waals surface area (Å²) in [7, 11) is 0. The summed E-state index contributed by atoms with van der Waals surface area (Å²) in [4.78, 5) is 17.8. The summed E-state index contributed by atoms with van der Waals surface area (Å²) in [5.74, 6) is 0.493. The van der Waals surface area contributed by atoms with Crippen molar-refractivity contribution in [3.63, 3.8) is 0 Å². The quantitative estimate of drug-likeness (QED) is 0.336. The number of carbonyl (C=O) groups excluding carboxylic acids is 1. The molecule has 0 atom stereocenters. The number of hydrogen-bond donors (Lipinski definition) is 2. The lowest BCUT2D eigenvalue weighted by Gasteiger charge is -2.22. The molecule has 0 radical (unpaired) electrons. The molecule has 3 N–H and O–H groups in total. The third kappa shape index (κ3) is 5.04. The van der Waals surface area contributed by atoms with Gasteiger partial charge in [-0.15, -0.1) is 0 Å². The van der Waals surface area contributed by atoms with Crippen LogP contribution in [0.4, 0.5) is 0 Å². The van der Waals surface area contributed by atoms with Gasteiger partial charge in [-0.2, -0.15) is 0 Å². The Labute approximate surface area is 182 Å². The fourth-order valence-electron chi connectivity index (χ4n) is 3.06. The van der Waals surface area contributed by atoms with Crippen molar-refractivity contribution in [1.82, 2.24) is 15.4 Å². The Morgan fingerprint density at radius 2 is 1.97 bits per heavy atom. The number of nitrogens with zero attached hydrogens (tertiary/aromatic N) is 2. The minimum atomic E-state index is -0.292. The fraction of sp³-hybridized carbons (Fsp3) is 0.261. The van der Waals surface area contributed by atoms with Crippen molar-refractivity contribution < 1.29 is 9.53 Å². The first-order chi connectivity index (χ1) is 14.5. The number of carbonyl (C=O) groups is 1. The second-order valence-electron chi connectivity index (χ2n) is 6.83. The highest BCUT2D eigenvalue weighted by atomic mass is 32.1. The van der Waals surface area contributed by atoms with Crippen molar-refractivity contribution in [3.05, 3.63) is 60.2 Å². The number of amides is 1. The maximum Gasteiger partial charge on any atom is 0.270 e. The van der Waals surface area contributed by atoms with E-state index in [0.717, 1.165) is 35.1 Å². The predicted octanol–water partition coefficient (Wildman–Crippen LogP) is 4.29. The Kier molecular flexibility index (Phi) is 7.19. The maximum atomic E-state index is 13.0. The molecule has 1 aromatic heterocycles. The number of hydrazine groups is 1. The zero-order valence-corrected chi connectivity index (χ0v) is 18.0. The largest absolute Gasteiger partial charge is 0.494 e. The van der Waals surface area contributed by atoms with Gasteiger partial charge in [0.15, 0.2) is 5.11 Å². The topological polar surface area (TPSA) is 80.5 Å². The molecule has 0 bridgehead atoms. The summed E-state index contributed by atoms with van der Waals surface area (Å²) < 4.78 is 5.83. The van der Waals surface area contributed by atoms with E-state index in [2.05, 4.69) is 12.3 Å². The lowest BCUT2D eigenvalue weighted by atomic mass is 10.0. The van der Waals surface area contributed by atoms with Crippen molar-refractivity contribution >= 4 is 34.1 Å². The second-order valence-corrected chi connectivity index (χ2v) is 7.24. The van der Waals surface area contributed by atoms with Gasteiger partial charge >= 0.3 is 0 Å². The normalized spacial score (nSPS) is 10.6. The molecule has 1 amide bonds. The minimum absolute atomic E-state index is 0.112. The van der Waals surface area contributed by atoms with Gasteiger partial charge in [-0.05, 0) is 49.8 Å². The van der Waals surface area contributed by atoms with E-state index in [1.807, 2.05) is 55.5 Å². The van der Waals surface area contributed by atoms with Crippen LogP contribution in [0.3, 0.4) is 0 Å². The number of fused-ring (bicyclic) bond motifs is 1. The number of para-hydroxylation sites is 1. The van der Waals surface area contributed by atoms with Crippen molar-refractivity contribution in [3.8, 4) is 17.0 Å². The number of aromatic nitrogens is 1. The third-order valence-corrected chi connectivity index (χ3v) is 4.90. The van der Waals surface area contributed by atoms with E-state index in [1.165, 1.54) is 5.01 Å². The lowest BCUT2D eigenvalue weighted by Crippen LogP contribution is -2.48. The highest BCUT2D eigenvalue weighted by Gasteiger charge is 2.16. The summed E-state index contributed by atoms with van der Waals surface area (Å²) >= 11 is 5.00. The molecular formula is C23H26N4O2S. The van der Waals surface area contributed by atoms with Gasteiger partial charge < -0.3 is 10.5 Å². The Balaban J connectivity index is 2.00. The van der Waals surface area contributed by atoms with Crippen LogP contribution < -0.4 is 15.9 Å². The number of nitrogens with two attached hydrogens (primary N) is 1. The molecular weight excluding hydrogens is 396 g/mol. The third-order valence-electron chi connectivity index (χ3n) is 4.68. The SMILES string of the molecule is CCCCOc1cccc(-c2cc(C(=O)NN(CC)C(N)=S)c3ccccc3n2)c1. The second kappa shape index (κ2) is 10.0. The standard InChI is InChI=1S/C23H26N4O2S/c1-3-5-13-29-17-10-8-9-16(14-17)21-15-19(18-11-6-7-12-20(18)25-21)22(28)26-27(4-2)23(24)30/h6-12,14-15H,3-5,13H2,1-2H3,(H2,24,30)(H,26,28). The van der Waals surface area contributed by atoms with Gasteiger partial charge in [-0.25, -0.2) is 4.98 Å². The van der Waals surface area contributed by atoms with Crippen LogP contribution in [0.15, 0.2) is 54.6 Å². The number of hydrogen-bond acceptors (Lipinski definition) is 4. The zero-order chi connectivity index (χ0) is 21.5. The molecule has 3 aromatic rings. The van der Waals surface area contributed by atoms with Gasteiger partial charge in [-0.1, -0.05) is 43.7 Å². The summed E-state index contributed by atoms with van der Waals surface area (Å²) in [5.41, 5.74) is 11.3. The van der Waals surface area contributed by atoms with Gasteiger partial charge in [0.05, 0.1) is 23.4 Å². The van der Waals surface area contributed by atoms with E-state index in [0.29, 0.717) is 24.4 Å². The Hall–Kier alpha value is -3.19. The van der Waals surface area contributed by atoms with Crippen LogP contribution in [-0.2, 0) is 0 Å². The molecule has 0 unspecified atom stereocenters. The highest BCUT2D eigenvalue weighted by Crippen LogP contribution is 2.27. The number of nitrogens with one attached hydrogen (secondary N) is 1. The molecule has 1 heterocycles. The smallest absolute Gasteiger partial charge is 0.270 e. The Bertz CT molecular complexity index is 1050. The number of thiocarbonyl (C=S) groups is 1. The molecule has 2 aromatic carbocycles. The molecule has 0 aliphatic heterocycles. The number of ether oxygens (including phenoxy) is 1. The van der Waals surface area contributed by atoms with Gasteiger partial charge in [0.25, 0.3) is 5.91 Å². The van der Waals surface area contributed by atoms with Crippen molar-refractivity contribution in [2.75, 3.05) is 13.2 Å². The van der Waals surface area contributed by atoms with Gasteiger partial charge in [-0.3, -0.25) is 15.2 Å². The van der Waals surface area contributed by atoms with Gasteiger partial charge in [0.1, 0.15) is 5.75 Å².